The Bertz CT molecular complexity index is 624. The molecule has 0 aliphatic carbocycles. The van der Waals surface area contributed by atoms with Crippen LogP contribution in [0, 0.1) is 17.1 Å². The van der Waals surface area contributed by atoms with Gasteiger partial charge in [-0.15, -0.1) is 0 Å². The SMILES string of the molecule is N#Cc1ccc(N2CCC(n3cncn3)CC2)c(F)c1. The second-order valence-corrected chi connectivity index (χ2v) is 4.87. The van der Waals surface area contributed by atoms with Gasteiger partial charge in [0.25, 0.3) is 0 Å². The summed E-state index contributed by atoms with van der Waals surface area (Å²) in [5, 5.41) is 12.9. The molecule has 2 heterocycles. The maximum absolute atomic E-state index is 14.0. The second-order valence-electron chi connectivity index (χ2n) is 4.87. The minimum absolute atomic E-state index is 0.329. The Kier molecular flexibility index (Phi) is 3.33. The molecule has 1 aromatic heterocycles. The van der Waals surface area contributed by atoms with Gasteiger partial charge in [0, 0.05) is 13.1 Å². The van der Waals surface area contributed by atoms with Crippen LogP contribution in [-0.2, 0) is 0 Å². The van der Waals surface area contributed by atoms with E-state index in [0.29, 0.717) is 17.3 Å². The average molecular weight is 271 g/mol. The van der Waals surface area contributed by atoms with Crippen molar-refractivity contribution in [3.8, 4) is 6.07 Å². The fourth-order valence-corrected chi connectivity index (χ4v) is 2.61. The van der Waals surface area contributed by atoms with Gasteiger partial charge >= 0.3 is 0 Å². The second kappa shape index (κ2) is 5.29. The highest BCUT2D eigenvalue weighted by Gasteiger charge is 2.22. The van der Waals surface area contributed by atoms with Gasteiger partial charge in [-0.1, -0.05) is 0 Å². The van der Waals surface area contributed by atoms with E-state index in [4.69, 9.17) is 5.26 Å². The number of benzene rings is 1. The van der Waals surface area contributed by atoms with E-state index in [1.165, 1.54) is 12.4 Å². The van der Waals surface area contributed by atoms with Crippen LogP contribution in [0.4, 0.5) is 10.1 Å². The van der Waals surface area contributed by atoms with E-state index < -0.39 is 0 Å². The Morgan fingerprint density at radius 2 is 2.10 bits per heavy atom. The van der Waals surface area contributed by atoms with Crippen LogP contribution in [0.15, 0.2) is 30.9 Å². The van der Waals surface area contributed by atoms with Crippen LogP contribution in [0.25, 0.3) is 0 Å². The fourth-order valence-electron chi connectivity index (χ4n) is 2.61. The van der Waals surface area contributed by atoms with Crippen molar-refractivity contribution in [2.75, 3.05) is 18.0 Å². The molecule has 0 unspecified atom stereocenters. The zero-order chi connectivity index (χ0) is 13.9. The molecule has 1 saturated heterocycles. The third-order valence-corrected chi connectivity index (χ3v) is 3.69. The van der Waals surface area contributed by atoms with E-state index in [0.717, 1.165) is 25.9 Å². The molecule has 0 bridgehead atoms. The standard InChI is InChI=1S/C14H14FN5/c15-13-7-11(8-16)1-2-14(13)19-5-3-12(4-6-19)20-10-17-9-18-20/h1-2,7,9-10,12H,3-6H2. The smallest absolute Gasteiger partial charge is 0.147 e. The van der Waals surface area contributed by atoms with Gasteiger partial charge in [0.1, 0.15) is 18.5 Å². The summed E-state index contributed by atoms with van der Waals surface area (Å²) < 4.78 is 15.8. The molecule has 0 saturated carbocycles. The van der Waals surface area contributed by atoms with Gasteiger partial charge in [-0.05, 0) is 31.0 Å². The quantitative estimate of drug-likeness (QED) is 0.839. The summed E-state index contributed by atoms with van der Waals surface area (Å²) >= 11 is 0. The van der Waals surface area contributed by atoms with E-state index in [9.17, 15) is 4.39 Å². The average Bonchev–Trinajstić information content (AvgIpc) is 3.01. The van der Waals surface area contributed by atoms with Crippen molar-refractivity contribution in [3.05, 3.63) is 42.2 Å². The van der Waals surface area contributed by atoms with Gasteiger partial charge in [-0.3, -0.25) is 0 Å². The number of anilines is 1. The molecular weight excluding hydrogens is 257 g/mol. The van der Waals surface area contributed by atoms with Gasteiger partial charge in [0.2, 0.25) is 0 Å². The zero-order valence-corrected chi connectivity index (χ0v) is 10.9. The number of nitriles is 1. The highest BCUT2D eigenvalue weighted by molar-refractivity contribution is 5.51. The van der Waals surface area contributed by atoms with E-state index in [1.54, 1.807) is 18.5 Å². The summed E-state index contributed by atoms with van der Waals surface area (Å²) in [6.45, 7) is 1.54. The predicted octanol–water partition coefficient (Wildman–Crippen LogP) is 2.13. The molecule has 20 heavy (non-hydrogen) atoms. The largest absolute Gasteiger partial charge is 0.369 e. The first-order valence-electron chi connectivity index (χ1n) is 6.56. The summed E-state index contributed by atoms with van der Waals surface area (Å²) in [7, 11) is 0. The van der Waals surface area contributed by atoms with Gasteiger partial charge in [0.15, 0.2) is 0 Å². The molecule has 0 amide bonds. The summed E-state index contributed by atoms with van der Waals surface area (Å²) in [6.07, 6.45) is 5.07. The maximum Gasteiger partial charge on any atom is 0.147 e. The van der Waals surface area contributed by atoms with Crippen LogP contribution in [-0.4, -0.2) is 27.9 Å². The number of rotatable bonds is 2. The Balaban J connectivity index is 1.71. The molecule has 2 aromatic rings. The van der Waals surface area contributed by atoms with E-state index in [2.05, 4.69) is 10.1 Å². The lowest BCUT2D eigenvalue weighted by Crippen LogP contribution is -2.35. The minimum atomic E-state index is -0.330. The monoisotopic (exact) mass is 271 g/mol. The van der Waals surface area contributed by atoms with Crippen molar-refractivity contribution in [3.63, 3.8) is 0 Å². The van der Waals surface area contributed by atoms with Crippen LogP contribution >= 0.6 is 0 Å². The van der Waals surface area contributed by atoms with Crippen LogP contribution in [0.1, 0.15) is 24.4 Å². The molecule has 0 N–H and O–H groups in total. The van der Waals surface area contributed by atoms with Gasteiger partial charge in [-0.2, -0.15) is 10.4 Å². The Morgan fingerprint density at radius 3 is 2.70 bits per heavy atom. The molecule has 0 spiro atoms. The molecule has 6 heteroatoms. The number of piperidine rings is 1. The molecule has 0 atom stereocenters. The molecule has 0 radical (unpaired) electrons. The summed E-state index contributed by atoms with van der Waals surface area (Å²) in [4.78, 5) is 5.97. The van der Waals surface area contributed by atoms with E-state index in [-0.39, 0.29) is 5.82 Å². The van der Waals surface area contributed by atoms with Gasteiger partial charge in [0.05, 0.1) is 23.4 Å². The lowest BCUT2D eigenvalue weighted by atomic mass is 10.0. The lowest BCUT2D eigenvalue weighted by molar-refractivity contribution is 0.364. The summed E-state index contributed by atoms with van der Waals surface area (Å²) in [5.41, 5.74) is 0.921. The van der Waals surface area contributed by atoms with Crippen LogP contribution in [0.3, 0.4) is 0 Å². The number of hydrogen-bond acceptors (Lipinski definition) is 4. The Morgan fingerprint density at radius 1 is 1.30 bits per heavy atom. The number of halogens is 1. The lowest BCUT2D eigenvalue weighted by Gasteiger charge is -2.33. The molecular formula is C14H14FN5. The van der Waals surface area contributed by atoms with Crippen molar-refractivity contribution in [2.24, 2.45) is 0 Å². The highest BCUT2D eigenvalue weighted by atomic mass is 19.1. The predicted molar refractivity (Wildman–Crippen MR) is 71.6 cm³/mol. The maximum atomic E-state index is 14.0. The van der Waals surface area contributed by atoms with Crippen molar-refractivity contribution in [1.29, 1.82) is 5.26 Å². The number of hydrogen-bond donors (Lipinski definition) is 0. The molecule has 1 aliphatic heterocycles. The van der Waals surface area contributed by atoms with Gasteiger partial charge < -0.3 is 4.90 Å². The molecule has 5 nitrogen and oxygen atoms in total. The molecule has 1 fully saturated rings. The molecule has 1 aromatic carbocycles. The van der Waals surface area contributed by atoms with Crippen LogP contribution in [0.5, 0.6) is 0 Å². The fraction of sp³-hybridized carbons (Fsp3) is 0.357. The van der Waals surface area contributed by atoms with Crippen molar-refractivity contribution < 1.29 is 4.39 Å². The van der Waals surface area contributed by atoms with E-state index >= 15 is 0 Å². The normalized spacial score (nSPS) is 16.1. The first kappa shape index (κ1) is 12.6. The Labute approximate surface area is 116 Å². The first-order chi connectivity index (χ1) is 9.78. The third-order valence-electron chi connectivity index (χ3n) is 3.69. The summed E-state index contributed by atoms with van der Waals surface area (Å²) in [6, 6.07) is 6.90. The highest BCUT2D eigenvalue weighted by Crippen LogP contribution is 2.27. The minimum Gasteiger partial charge on any atom is -0.369 e. The third kappa shape index (κ3) is 2.35. The number of nitrogens with zero attached hydrogens (tertiary/aromatic N) is 5. The van der Waals surface area contributed by atoms with Crippen LogP contribution in [0.2, 0.25) is 0 Å². The van der Waals surface area contributed by atoms with E-state index in [1.807, 2.05) is 15.7 Å². The first-order valence-corrected chi connectivity index (χ1v) is 6.56. The Hall–Kier alpha value is -2.42. The van der Waals surface area contributed by atoms with Crippen LogP contribution < -0.4 is 4.90 Å². The molecule has 1 aliphatic rings. The molecule has 3 rings (SSSR count). The van der Waals surface area contributed by atoms with Crippen molar-refractivity contribution in [2.45, 2.75) is 18.9 Å². The van der Waals surface area contributed by atoms with Crippen molar-refractivity contribution >= 4 is 5.69 Å². The zero-order valence-electron chi connectivity index (χ0n) is 10.9. The summed E-state index contributed by atoms with van der Waals surface area (Å²) in [5.74, 6) is -0.330. The number of aromatic nitrogens is 3. The van der Waals surface area contributed by atoms with Gasteiger partial charge in [-0.25, -0.2) is 14.1 Å². The topological polar surface area (TPSA) is 57.7 Å². The van der Waals surface area contributed by atoms with Crippen molar-refractivity contribution in [1.82, 2.24) is 14.8 Å². The molecule has 102 valence electrons.